The predicted molar refractivity (Wildman–Crippen MR) is 78.2 cm³/mol. The van der Waals surface area contributed by atoms with Gasteiger partial charge in [-0.3, -0.25) is 4.79 Å². The van der Waals surface area contributed by atoms with Gasteiger partial charge in [-0.15, -0.1) is 0 Å². The summed E-state index contributed by atoms with van der Waals surface area (Å²) in [7, 11) is 0. The third-order valence-corrected chi connectivity index (χ3v) is 4.21. The summed E-state index contributed by atoms with van der Waals surface area (Å²) in [5.41, 5.74) is 8.82. The van der Waals surface area contributed by atoms with E-state index in [2.05, 4.69) is 6.92 Å². The molecule has 1 heterocycles. The number of rotatable bonds is 2. The molecule has 0 aromatic heterocycles. The van der Waals surface area contributed by atoms with E-state index in [0.717, 1.165) is 36.1 Å². The summed E-state index contributed by atoms with van der Waals surface area (Å²) in [6.45, 7) is 7.63. The van der Waals surface area contributed by atoms with Crippen LogP contribution in [0.1, 0.15) is 41.3 Å². The molecule has 2 atom stereocenters. The van der Waals surface area contributed by atoms with Crippen molar-refractivity contribution in [3.8, 4) is 0 Å². The first kappa shape index (κ1) is 14.1. The lowest BCUT2D eigenvalue weighted by Crippen LogP contribution is -2.49. The maximum absolute atomic E-state index is 12.8. The van der Waals surface area contributed by atoms with Crippen LogP contribution < -0.4 is 5.73 Å². The average Bonchev–Trinajstić information content (AvgIpc) is 2.38. The van der Waals surface area contributed by atoms with Crippen molar-refractivity contribution >= 4 is 5.91 Å². The number of carbonyl (C=O) groups excluding carboxylic acids is 1. The minimum absolute atomic E-state index is 0.151. The fourth-order valence-electron chi connectivity index (χ4n) is 3.04. The summed E-state index contributed by atoms with van der Waals surface area (Å²) in [5, 5.41) is 0. The van der Waals surface area contributed by atoms with E-state index in [1.54, 1.807) is 0 Å². The molecule has 3 nitrogen and oxygen atoms in total. The van der Waals surface area contributed by atoms with E-state index in [1.165, 1.54) is 0 Å². The van der Waals surface area contributed by atoms with Crippen LogP contribution in [0, 0.1) is 19.8 Å². The lowest BCUT2D eigenvalue weighted by atomic mass is 9.91. The molecule has 2 rings (SSSR count). The van der Waals surface area contributed by atoms with E-state index in [4.69, 9.17) is 5.73 Å². The van der Waals surface area contributed by atoms with Crippen LogP contribution in [0.4, 0.5) is 0 Å². The smallest absolute Gasteiger partial charge is 0.254 e. The molecule has 2 unspecified atom stereocenters. The number of hydrogen-bond donors (Lipinski definition) is 1. The lowest BCUT2D eigenvalue weighted by Gasteiger charge is -2.38. The van der Waals surface area contributed by atoms with Gasteiger partial charge in [0.1, 0.15) is 0 Å². The highest BCUT2D eigenvalue weighted by Gasteiger charge is 2.30. The molecule has 0 radical (unpaired) electrons. The van der Waals surface area contributed by atoms with Crippen molar-refractivity contribution in [2.24, 2.45) is 11.7 Å². The highest BCUT2D eigenvalue weighted by atomic mass is 16.2. The van der Waals surface area contributed by atoms with Gasteiger partial charge in [-0.05, 0) is 43.7 Å². The van der Waals surface area contributed by atoms with Crippen molar-refractivity contribution in [2.75, 3.05) is 13.1 Å². The summed E-state index contributed by atoms with van der Waals surface area (Å²) in [5.74, 6) is 0.813. The van der Waals surface area contributed by atoms with Gasteiger partial charge in [0.05, 0.1) is 0 Å². The summed E-state index contributed by atoms with van der Waals surface area (Å²) in [4.78, 5) is 14.8. The number of nitrogens with zero attached hydrogens (tertiary/aromatic N) is 1. The largest absolute Gasteiger partial charge is 0.334 e. The highest BCUT2D eigenvalue weighted by Crippen LogP contribution is 2.25. The first-order chi connectivity index (χ1) is 9.04. The standard InChI is InChI=1S/C16H24N2O/c1-11-7-8-18(14(9-11)10-17)16(19)15-12(2)5-4-6-13(15)3/h4-6,11,14H,7-10,17H2,1-3H3. The minimum atomic E-state index is 0.151. The second-order valence-corrected chi connectivity index (χ2v) is 5.78. The van der Waals surface area contributed by atoms with Gasteiger partial charge in [0.25, 0.3) is 5.91 Å². The molecule has 0 aliphatic carbocycles. The molecule has 3 heteroatoms. The van der Waals surface area contributed by atoms with Crippen molar-refractivity contribution in [3.05, 3.63) is 34.9 Å². The molecule has 2 N–H and O–H groups in total. The molecule has 104 valence electrons. The molecule has 1 aromatic carbocycles. The second-order valence-electron chi connectivity index (χ2n) is 5.78. The topological polar surface area (TPSA) is 46.3 Å². The predicted octanol–water partition coefficient (Wildman–Crippen LogP) is 2.50. The second kappa shape index (κ2) is 5.74. The number of amides is 1. The Balaban J connectivity index is 2.28. The molecule has 0 spiro atoms. The summed E-state index contributed by atoms with van der Waals surface area (Å²) in [6.07, 6.45) is 2.10. The molecule has 1 aliphatic heterocycles. The Labute approximate surface area is 115 Å². The quantitative estimate of drug-likeness (QED) is 0.888. The van der Waals surface area contributed by atoms with Gasteiger partial charge in [-0.2, -0.15) is 0 Å². The number of hydrogen-bond acceptors (Lipinski definition) is 2. The molecule has 1 fully saturated rings. The van der Waals surface area contributed by atoms with Crippen LogP contribution in [0.5, 0.6) is 0 Å². The van der Waals surface area contributed by atoms with Gasteiger partial charge in [0.2, 0.25) is 0 Å². The number of carbonyl (C=O) groups is 1. The van der Waals surface area contributed by atoms with Crippen LogP contribution >= 0.6 is 0 Å². The first-order valence-electron chi connectivity index (χ1n) is 7.11. The van der Waals surface area contributed by atoms with E-state index in [-0.39, 0.29) is 11.9 Å². The monoisotopic (exact) mass is 260 g/mol. The van der Waals surface area contributed by atoms with Gasteiger partial charge in [0.15, 0.2) is 0 Å². The van der Waals surface area contributed by atoms with E-state index in [1.807, 2.05) is 36.9 Å². The Hall–Kier alpha value is -1.35. The van der Waals surface area contributed by atoms with Crippen LogP contribution in [0.15, 0.2) is 18.2 Å². The van der Waals surface area contributed by atoms with Crippen LogP contribution in [0.25, 0.3) is 0 Å². The lowest BCUT2D eigenvalue weighted by molar-refractivity contribution is 0.0572. The van der Waals surface area contributed by atoms with Crippen LogP contribution in [-0.2, 0) is 0 Å². The molecular weight excluding hydrogens is 236 g/mol. The molecule has 19 heavy (non-hydrogen) atoms. The number of nitrogens with two attached hydrogens (primary N) is 1. The van der Waals surface area contributed by atoms with Crippen molar-refractivity contribution in [2.45, 2.75) is 39.7 Å². The zero-order valence-corrected chi connectivity index (χ0v) is 12.1. The number of likely N-dealkylation sites (tertiary alicyclic amines) is 1. The Bertz CT molecular complexity index is 450. The van der Waals surface area contributed by atoms with Gasteiger partial charge in [-0.1, -0.05) is 25.1 Å². The fourth-order valence-corrected chi connectivity index (χ4v) is 3.04. The maximum atomic E-state index is 12.8. The zero-order valence-electron chi connectivity index (χ0n) is 12.1. The number of piperidine rings is 1. The SMILES string of the molecule is Cc1cccc(C)c1C(=O)N1CCC(C)CC1CN. The fraction of sp³-hybridized carbons (Fsp3) is 0.562. The summed E-state index contributed by atoms with van der Waals surface area (Å²) < 4.78 is 0. The average molecular weight is 260 g/mol. The van der Waals surface area contributed by atoms with Gasteiger partial charge in [-0.25, -0.2) is 0 Å². The maximum Gasteiger partial charge on any atom is 0.254 e. The van der Waals surface area contributed by atoms with Crippen molar-refractivity contribution in [1.82, 2.24) is 4.90 Å². The van der Waals surface area contributed by atoms with E-state index < -0.39 is 0 Å². The van der Waals surface area contributed by atoms with Crippen LogP contribution in [0.2, 0.25) is 0 Å². The Morgan fingerprint density at radius 2 is 2.00 bits per heavy atom. The third-order valence-electron chi connectivity index (χ3n) is 4.21. The zero-order chi connectivity index (χ0) is 14.0. The van der Waals surface area contributed by atoms with E-state index in [0.29, 0.717) is 12.5 Å². The van der Waals surface area contributed by atoms with Crippen LogP contribution in [0.3, 0.4) is 0 Å². The molecule has 1 saturated heterocycles. The Morgan fingerprint density at radius 1 is 1.37 bits per heavy atom. The van der Waals surface area contributed by atoms with Gasteiger partial charge in [0, 0.05) is 24.7 Å². The molecule has 1 amide bonds. The Kier molecular flexibility index (Phi) is 4.25. The van der Waals surface area contributed by atoms with E-state index >= 15 is 0 Å². The molecule has 0 bridgehead atoms. The van der Waals surface area contributed by atoms with Crippen molar-refractivity contribution < 1.29 is 4.79 Å². The third kappa shape index (κ3) is 2.81. The highest BCUT2D eigenvalue weighted by molar-refractivity contribution is 5.97. The van der Waals surface area contributed by atoms with Gasteiger partial charge >= 0.3 is 0 Å². The molecule has 0 saturated carbocycles. The Morgan fingerprint density at radius 3 is 2.58 bits per heavy atom. The summed E-state index contributed by atoms with van der Waals surface area (Å²) in [6, 6.07) is 6.20. The van der Waals surface area contributed by atoms with E-state index in [9.17, 15) is 4.79 Å². The van der Waals surface area contributed by atoms with Gasteiger partial charge < -0.3 is 10.6 Å². The molecule has 1 aromatic rings. The molecule has 1 aliphatic rings. The van der Waals surface area contributed by atoms with Crippen LogP contribution in [-0.4, -0.2) is 29.9 Å². The first-order valence-corrected chi connectivity index (χ1v) is 7.11. The van der Waals surface area contributed by atoms with Crippen molar-refractivity contribution in [3.63, 3.8) is 0 Å². The number of benzene rings is 1. The van der Waals surface area contributed by atoms with Crippen molar-refractivity contribution in [1.29, 1.82) is 0 Å². The summed E-state index contributed by atoms with van der Waals surface area (Å²) >= 11 is 0. The molecular formula is C16H24N2O. The minimum Gasteiger partial charge on any atom is -0.334 e. The normalized spacial score (nSPS) is 23.5. The number of aryl methyl sites for hydroxylation is 2.